The largest absolute Gasteiger partial charge is 0.338 e. The van der Waals surface area contributed by atoms with Crippen LogP contribution in [0.25, 0.3) is 0 Å². The zero-order valence-electron chi connectivity index (χ0n) is 14.2. The van der Waals surface area contributed by atoms with Gasteiger partial charge < -0.3 is 14.7 Å². The first kappa shape index (κ1) is 17.1. The van der Waals surface area contributed by atoms with Crippen LogP contribution in [0.3, 0.4) is 0 Å². The van der Waals surface area contributed by atoms with Crippen LogP contribution in [0.5, 0.6) is 0 Å². The number of aromatic nitrogens is 2. The second-order valence-corrected chi connectivity index (χ2v) is 7.33. The first-order valence-corrected chi connectivity index (χ1v) is 8.75. The molecule has 2 bridgehead atoms. The van der Waals surface area contributed by atoms with Crippen molar-refractivity contribution in [3.05, 3.63) is 17.4 Å². The topological polar surface area (TPSA) is 61.7 Å². The number of piperidine rings is 1. The molecule has 132 valence electrons. The lowest BCUT2D eigenvalue weighted by atomic mass is 9.95. The molecular weight excluding hydrogens is 330 g/mol. The molecule has 3 fully saturated rings. The summed E-state index contributed by atoms with van der Waals surface area (Å²) >= 11 is 5.85. The molecule has 3 amide bonds. The summed E-state index contributed by atoms with van der Waals surface area (Å²) < 4.78 is 1.69. The third-order valence-corrected chi connectivity index (χ3v) is 5.04. The van der Waals surface area contributed by atoms with Crippen LogP contribution in [-0.2, 0) is 11.3 Å². The molecule has 4 heterocycles. The highest BCUT2D eigenvalue weighted by Crippen LogP contribution is 2.29. The maximum Gasteiger partial charge on any atom is 0.319 e. The number of rotatable bonds is 3. The van der Waals surface area contributed by atoms with Crippen molar-refractivity contribution >= 4 is 23.5 Å². The van der Waals surface area contributed by atoms with Crippen LogP contribution < -0.4 is 0 Å². The number of nitrogens with zero attached hydrogens (tertiary/aromatic N) is 5. The van der Waals surface area contributed by atoms with Gasteiger partial charge in [0.05, 0.1) is 11.2 Å². The van der Waals surface area contributed by atoms with Crippen molar-refractivity contribution in [3.63, 3.8) is 0 Å². The fourth-order valence-electron chi connectivity index (χ4n) is 3.64. The average Bonchev–Trinajstić information content (AvgIpc) is 2.77. The molecule has 0 saturated carbocycles. The van der Waals surface area contributed by atoms with E-state index in [1.165, 1.54) is 0 Å². The van der Waals surface area contributed by atoms with Crippen molar-refractivity contribution in [1.82, 2.24) is 24.5 Å². The van der Waals surface area contributed by atoms with E-state index < -0.39 is 0 Å². The predicted octanol–water partition coefficient (Wildman–Crippen LogP) is 1.53. The van der Waals surface area contributed by atoms with Gasteiger partial charge in [0.1, 0.15) is 0 Å². The summed E-state index contributed by atoms with van der Waals surface area (Å²) in [5.41, 5.74) is 0. The van der Waals surface area contributed by atoms with Gasteiger partial charge in [0.15, 0.2) is 0 Å². The SMILES string of the molecule is CN(C)C(=O)N1C[C@@H]2CC[C@H](C1)N(C(=O)CCn1cc(Cl)cn1)C2. The molecule has 0 aliphatic carbocycles. The van der Waals surface area contributed by atoms with Crippen molar-refractivity contribution in [2.45, 2.75) is 31.8 Å². The summed E-state index contributed by atoms with van der Waals surface area (Å²) in [5.74, 6) is 0.506. The Balaban J connectivity index is 1.62. The number of carbonyl (C=O) groups excluding carboxylic acids is 2. The monoisotopic (exact) mass is 353 g/mol. The molecule has 8 heteroatoms. The van der Waals surface area contributed by atoms with E-state index in [1.54, 1.807) is 36.1 Å². The van der Waals surface area contributed by atoms with E-state index in [1.807, 2.05) is 9.80 Å². The van der Waals surface area contributed by atoms with Crippen LogP contribution >= 0.6 is 11.6 Å². The van der Waals surface area contributed by atoms with Gasteiger partial charge in [-0.3, -0.25) is 9.48 Å². The molecule has 7 nitrogen and oxygen atoms in total. The molecule has 3 aliphatic rings. The predicted molar refractivity (Wildman–Crippen MR) is 90.7 cm³/mol. The molecular formula is C16H24ClN5O2. The zero-order chi connectivity index (χ0) is 17.3. The number of fused-ring (bicyclic) bond motifs is 4. The van der Waals surface area contributed by atoms with Gasteiger partial charge in [0.25, 0.3) is 0 Å². The smallest absolute Gasteiger partial charge is 0.319 e. The van der Waals surface area contributed by atoms with E-state index in [0.29, 0.717) is 30.5 Å². The number of hydrogen-bond donors (Lipinski definition) is 0. The number of hydrogen-bond acceptors (Lipinski definition) is 3. The second kappa shape index (κ2) is 7.01. The van der Waals surface area contributed by atoms with E-state index >= 15 is 0 Å². The van der Waals surface area contributed by atoms with Gasteiger partial charge in [-0.15, -0.1) is 0 Å². The van der Waals surface area contributed by atoms with Crippen molar-refractivity contribution in [1.29, 1.82) is 0 Å². The fourth-order valence-corrected chi connectivity index (χ4v) is 3.80. The molecule has 3 aliphatic heterocycles. The fraction of sp³-hybridized carbons (Fsp3) is 0.688. The van der Waals surface area contributed by atoms with Crippen molar-refractivity contribution in [3.8, 4) is 0 Å². The normalized spacial score (nSPS) is 23.3. The molecule has 0 unspecified atom stereocenters. The number of carbonyl (C=O) groups is 2. The maximum atomic E-state index is 12.7. The zero-order valence-corrected chi connectivity index (χ0v) is 14.9. The molecule has 4 rings (SSSR count). The van der Waals surface area contributed by atoms with Gasteiger partial charge in [0, 0.05) is 58.9 Å². The first-order valence-electron chi connectivity index (χ1n) is 8.37. The third-order valence-electron chi connectivity index (χ3n) is 4.84. The van der Waals surface area contributed by atoms with Crippen molar-refractivity contribution < 1.29 is 9.59 Å². The Bertz CT molecular complexity index is 617. The van der Waals surface area contributed by atoms with Crippen LogP contribution in [-0.4, -0.2) is 76.2 Å². The lowest BCUT2D eigenvalue weighted by Crippen LogP contribution is -2.48. The summed E-state index contributed by atoms with van der Waals surface area (Å²) in [4.78, 5) is 30.4. The van der Waals surface area contributed by atoms with Gasteiger partial charge in [-0.25, -0.2) is 4.79 Å². The number of halogens is 1. The minimum Gasteiger partial charge on any atom is -0.338 e. The number of amides is 3. The summed E-state index contributed by atoms with van der Waals surface area (Å²) in [6.45, 7) is 2.65. The molecule has 0 N–H and O–H groups in total. The van der Waals surface area contributed by atoms with Crippen LogP contribution in [0, 0.1) is 5.92 Å². The number of urea groups is 1. The summed E-state index contributed by atoms with van der Waals surface area (Å²) in [6, 6.07) is 0.161. The highest BCUT2D eigenvalue weighted by atomic mass is 35.5. The summed E-state index contributed by atoms with van der Waals surface area (Å²) in [5, 5.41) is 4.69. The van der Waals surface area contributed by atoms with Gasteiger partial charge in [-0.05, 0) is 18.8 Å². The second-order valence-electron chi connectivity index (χ2n) is 6.90. The minimum atomic E-state index is 0.0346. The highest BCUT2D eigenvalue weighted by Gasteiger charge is 2.38. The molecule has 0 aromatic carbocycles. The van der Waals surface area contributed by atoms with Crippen molar-refractivity contribution in [2.24, 2.45) is 5.92 Å². The Labute approximate surface area is 147 Å². The molecule has 2 atom stereocenters. The van der Waals surface area contributed by atoms with Crippen LogP contribution in [0.15, 0.2) is 12.4 Å². The van der Waals surface area contributed by atoms with E-state index in [9.17, 15) is 9.59 Å². The van der Waals surface area contributed by atoms with E-state index in [2.05, 4.69) is 5.10 Å². The standard InChI is InChI=1S/C16H24ClN5O2/c1-19(2)16(24)20-8-12-3-4-14(11-20)22(9-12)15(23)5-6-21-10-13(17)7-18-21/h7,10,12,14H,3-6,8-9,11H2,1-2H3/t12-,14+/m0/s1. The van der Waals surface area contributed by atoms with E-state index in [0.717, 1.165) is 25.9 Å². The molecule has 1 aromatic rings. The lowest BCUT2D eigenvalue weighted by molar-refractivity contribution is -0.135. The first-order chi connectivity index (χ1) is 11.4. The van der Waals surface area contributed by atoms with Gasteiger partial charge in [0.2, 0.25) is 5.91 Å². The molecule has 24 heavy (non-hydrogen) atoms. The Kier molecular flexibility index (Phi) is 4.99. The Hall–Kier alpha value is -1.76. The third kappa shape index (κ3) is 3.66. The lowest BCUT2D eigenvalue weighted by Gasteiger charge is -2.36. The molecule has 0 spiro atoms. The van der Waals surface area contributed by atoms with Crippen LogP contribution in [0.4, 0.5) is 4.79 Å². The average molecular weight is 354 g/mol. The molecule has 0 radical (unpaired) electrons. The highest BCUT2D eigenvalue weighted by molar-refractivity contribution is 6.30. The van der Waals surface area contributed by atoms with E-state index in [4.69, 9.17) is 11.6 Å². The maximum absolute atomic E-state index is 12.7. The summed E-state index contributed by atoms with van der Waals surface area (Å²) in [7, 11) is 3.54. The van der Waals surface area contributed by atoms with Gasteiger partial charge >= 0.3 is 6.03 Å². The molecule has 1 aromatic heterocycles. The Morgan fingerprint density at radius 3 is 2.75 bits per heavy atom. The summed E-state index contributed by atoms with van der Waals surface area (Å²) in [6.07, 6.45) is 5.76. The number of aryl methyl sites for hydroxylation is 1. The van der Waals surface area contributed by atoms with Crippen LogP contribution in [0.2, 0.25) is 5.02 Å². The van der Waals surface area contributed by atoms with Gasteiger partial charge in [-0.2, -0.15) is 5.10 Å². The quantitative estimate of drug-likeness (QED) is 0.828. The molecule has 3 saturated heterocycles. The van der Waals surface area contributed by atoms with E-state index in [-0.39, 0.29) is 18.0 Å². The Morgan fingerprint density at radius 2 is 2.08 bits per heavy atom. The van der Waals surface area contributed by atoms with Crippen LogP contribution in [0.1, 0.15) is 19.3 Å². The van der Waals surface area contributed by atoms with Crippen molar-refractivity contribution in [2.75, 3.05) is 33.7 Å². The Morgan fingerprint density at radius 1 is 1.29 bits per heavy atom. The van der Waals surface area contributed by atoms with Gasteiger partial charge in [-0.1, -0.05) is 11.6 Å². The minimum absolute atomic E-state index is 0.0346.